The molecule has 4 saturated heterocycles. The second-order valence-electron chi connectivity index (χ2n) is 8.76. The molecule has 4 aliphatic heterocycles. The summed E-state index contributed by atoms with van der Waals surface area (Å²) in [6.07, 6.45) is -1.71. The van der Waals surface area contributed by atoms with Gasteiger partial charge in [0.15, 0.2) is 17.8 Å². The molecule has 30 heavy (non-hydrogen) atoms. The van der Waals surface area contributed by atoms with Gasteiger partial charge in [-0.2, -0.15) is 0 Å². The lowest BCUT2D eigenvalue weighted by molar-refractivity contribution is -0.276. The second kappa shape index (κ2) is 8.33. The molecule has 0 radical (unpaired) electrons. The summed E-state index contributed by atoms with van der Waals surface area (Å²) < 4.78 is 55.2. The van der Waals surface area contributed by atoms with Crippen molar-refractivity contribution in [2.75, 3.05) is 26.4 Å². The smallest absolute Gasteiger partial charge is 0.349 e. The average Bonchev–Trinajstić information content (AvgIpc) is 3.38. The van der Waals surface area contributed by atoms with E-state index in [0.29, 0.717) is 19.6 Å². The number of hydrogen-bond donors (Lipinski definition) is 0. The molecule has 4 fully saturated rings. The van der Waals surface area contributed by atoms with Crippen molar-refractivity contribution in [3.63, 3.8) is 0 Å². The number of rotatable bonds is 7. The first kappa shape index (κ1) is 23.0. The molecule has 0 saturated carbocycles. The van der Waals surface area contributed by atoms with Gasteiger partial charge in [0.1, 0.15) is 30.2 Å². The summed E-state index contributed by atoms with van der Waals surface area (Å²) in [6.45, 7) is 12.4. The summed E-state index contributed by atoms with van der Waals surface area (Å²) in [5, 5.41) is 1.59. The Labute approximate surface area is 177 Å². The van der Waals surface area contributed by atoms with Gasteiger partial charge < -0.3 is 32.7 Å². The van der Waals surface area contributed by atoms with E-state index in [2.05, 4.69) is 0 Å². The molecule has 174 valence electrons. The molecule has 0 amide bonds. The maximum atomic E-state index is 13.5. The normalized spacial score (nSPS) is 40.9. The Hall–Kier alpha value is -0.130. The monoisotopic (exact) mass is 451 g/mol. The van der Waals surface area contributed by atoms with E-state index >= 15 is 0 Å². The minimum Gasteiger partial charge on any atom is -0.349 e. The van der Waals surface area contributed by atoms with Crippen LogP contribution in [0.15, 0.2) is 0 Å². The highest BCUT2D eigenvalue weighted by molar-refractivity contribution is 7.54. The predicted molar refractivity (Wildman–Crippen MR) is 104 cm³/mol. The summed E-state index contributed by atoms with van der Waals surface area (Å²) in [5.41, 5.74) is 0. The zero-order valence-corrected chi connectivity index (χ0v) is 19.5. The fourth-order valence-corrected chi connectivity index (χ4v) is 6.61. The first-order chi connectivity index (χ1) is 14.1. The molecule has 0 aromatic carbocycles. The van der Waals surface area contributed by atoms with Crippen molar-refractivity contribution >= 4 is 7.60 Å². The van der Waals surface area contributed by atoms with Crippen molar-refractivity contribution in [3.05, 3.63) is 0 Å². The first-order valence-corrected chi connectivity index (χ1v) is 12.3. The summed E-state index contributed by atoms with van der Waals surface area (Å²) in [7, 11) is -3.44. The van der Waals surface area contributed by atoms with Crippen LogP contribution in [0.4, 0.5) is 0 Å². The molecule has 0 aromatic rings. The molecule has 6 atom stereocenters. The van der Waals surface area contributed by atoms with Crippen LogP contribution in [0.25, 0.3) is 0 Å². The molecule has 4 heterocycles. The van der Waals surface area contributed by atoms with Crippen LogP contribution in [-0.4, -0.2) is 79.5 Å². The van der Waals surface area contributed by atoms with E-state index in [-0.39, 0.29) is 25.4 Å². The average molecular weight is 451 g/mol. The summed E-state index contributed by atoms with van der Waals surface area (Å²) in [4.78, 5) is 5.89. The van der Waals surface area contributed by atoms with Gasteiger partial charge in [0.2, 0.25) is 0 Å². The zero-order valence-electron chi connectivity index (χ0n) is 18.6. The van der Waals surface area contributed by atoms with Gasteiger partial charge in [0, 0.05) is 6.42 Å². The minimum atomic E-state index is -3.44. The standard InChI is InChI=1S/C19H34NO9P/c1-7-24-30(21,25-8-2)13-9-10-23-20(13)17-16-15(28-19(5,6)29-16)14(26-17)12-11-22-18(3,4)27-12/h12-17H,7-11H2,1-6H3/t12-,13+,14-,15+,16+,17+/m1/s1. The highest BCUT2D eigenvalue weighted by Gasteiger charge is 2.63. The van der Waals surface area contributed by atoms with Gasteiger partial charge in [-0.1, -0.05) is 0 Å². The largest absolute Gasteiger partial charge is 0.350 e. The molecule has 0 unspecified atom stereocenters. The van der Waals surface area contributed by atoms with E-state index in [9.17, 15) is 4.57 Å². The Balaban J connectivity index is 1.59. The van der Waals surface area contributed by atoms with Crippen molar-refractivity contribution in [1.82, 2.24) is 5.06 Å². The lowest BCUT2D eigenvalue weighted by Gasteiger charge is -2.34. The highest BCUT2D eigenvalue weighted by Crippen LogP contribution is 2.58. The fourth-order valence-electron chi connectivity index (χ4n) is 4.58. The Kier molecular flexibility index (Phi) is 6.40. The van der Waals surface area contributed by atoms with E-state index in [1.165, 1.54) is 0 Å². The van der Waals surface area contributed by atoms with Gasteiger partial charge in [-0.25, -0.2) is 0 Å². The molecule has 10 nitrogen and oxygen atoms in total. The number of fused-ring (bicyclic) bond motifs is 1. The topological polar surface area (TPSA) is 94.2 Å². The maximum absolute atomic E-state index is 13.5. The molecule has 4 rings (SSSR count). The predicted octanol–water partition coefficient (Wildman–Crippen LogP) is 2.61. The van der Waals surface area contributed by atoms with Crippen LogP contribution >= 0.6 is 7.60 Å². The Morgan fingerprint density at radius 1 is 0.967 bits per heavy atom. The van der Waals surface area contributed by atoms with Crippen molar-refractivity contribution in [3.8, 4) is 0 Å². The van der Waals surface area contributed by atoms with Crippen LogP contribution < -0.4 is 0 Å². The third kappa shape index (κ3) is 4.24. The number of nitrogens with zero attached hydrogens (tertiary/aromatic N) is 1. The van der Waals surface area contributed by atoms with Gasteiger partial charge in [-0.3, -0.25) is 9.40 Å². The fraction of sp³-hybridized carbons (Fsp3) is 1.00. The summed E-state index contributed by atoms with van der Waals surface area (Å²) >= 11 is 0. The molecular weight excluding hydrogens is 417 g/mol. The maximum Gasteiger partial charge on any atom is 0.350 e. The molecule has 0 spiro atoms. The second-order valence-corrected chi connectivity index (χ2v) is 11.0. The third-order valence-electron chi connectivity index (χ3n) is 5.61. The molecule has 0 aromatic heterocycles. The molecule has 0 bridgehead atoms. The lowest BCUT2D eigenvalue weighted by atomic mass is 10.1. The van der Waals surface area contributed by atoms with Crippen LogP contribution in [0.2, 0.25) is 0 Å². The van der Waals surface area contributed by atoms with Crippen molar-refractivity contribution < 1.29 is 42.1 Å². The molecule has 11 heteroatoms. The van der Waals surface area contributed by atoms with Crippen LogP contribution in [0.1, 0.15) is 48.0 Å². The number of hydrogen-bond acceptors (Lipinski definition) is 10. The lowest BCUT2D eigenvalue weighted by Crippen LogP contribution is -2.46. The SMILES string of the molecule is CCOP(=O)(OCC)[C@H]1CCON1[C@H]1O[C@H]([C@H]2COC(C)(C)O2)[C@@H]2OC(C)(C)O[C@@H]21. The molecule has 0 aliphatic carbocycles. The van der Waals surface area contributed by atoms with Crippen LogP contribution in [0.5, 0.6) is 0 Å². The Bertz CT molecular complexity index is 664. The van der Waals surface area contributed by atoms with Crippen LogP contribution in [0.3, 0.4) is 0 Å². The third-order valence-corrected chi connectivity index (χ3v) is 8.06. The van der Waals surface area contributed by atoms with E-state index in [4.69, 9.17) is 37.6 Å². The summed E-state index contributed by atoms with van der Waals surface area (Å²) in [5.74, 6) is -2.07. The minimum absolute atomic E-state index is 0.275. The van der Waals surface area contributed by atoms with Crippen molar-refractivity contribution in [2.24, 2.45) is 0 Å². The van der Waals surface area contributed by atoms with Gasteiger partial charge >= 0.3 is 7.60 Å². The van der Waals surface area contributed by atoms with Gasteiger partial charge in [-0.05, 0) is 41.5 Å². The van der Waals surface area contributed by atoms with Crippen molar-refractivity contribution in [1.29, 1.82) is 0 Å². The quantitative estimate of drug-likeness (QED) is 0.538. The van der Waals surface area contributed by atoms with Crippen LogP contribution in [0, 0.1) is 0 Å². The van der Waals surface area contributed by atoms with Gasteiger partial charge in [0.25, 0.3) is 0 Å². The molecular formula is C19H34NO9P. The zero-order chi connectivity index (χ0) is 21.7. The highest BCUT2D eigenvalue weighted by atomic mass is 31.2. The van der Waals surface area contributed by atoms with E-state index < -0.39 is 43.4 Å². The first-order valence-electron chi connectivity index (χ1n) is 10.7. The number of ether oxygens (including phenoxy) is 5. The Morgan fingerprint density at radius 2 is 1.63 bits per heavy atom. The number of hydroxylamine groups is 2. The van der Waals surface area contributed by atoms with Gasteiger partial charge in [-0.15, -0.1) is 5.06 Å². The van der Waals surface area contributed by atoms with E-state index in [1.54, 1.807) is 18.9 Å². The van der Waals surface area contributed by atoms with Crippen LogP contribution in [-0.2, 0) is 42.1 Å². The van der Waals surface area contributed by atoms with E-state index in [0.717, 1.165) is 0 Å². The Morgan fingerprint density at radius 3 is 2.23 bits per heavy atom. The van der Waals surface area contributed by atoms with E-state index in [1.807, 2.05) is 27.7 Å². The van der Waals surface area contributed by atoms with Gasteiger partial charge in [0.05, 0.1) is 26.4 Å². The van der Waals surface area contributed by atoms with Crippen molar-refractivity contribution in [2.45, 2.75) is 96.0 Å². The molecule has 4 aliphatic rings. The summed E-state index contributed by atoms with van der Waals surface area (Å²) in [6, 6.07) is 0. The molecule has 0 N–H and O–H groups in total.